The quantitative estimate of drug-likeness (QED) is 0.605. The third kappa shape index (κ3) is 7.21. The molecule has 0 rings (SSSR count). The van der Waals surface area contributed by atoms with Crippen LogP contribution < -0.4 is 11.1 Å². The van der Waals surface area contributed by atoms with Gasteiger partial charge >= 0.3 is 0 Å². The van der Waals surface area contributed by atoms with Gasteiger partial charge in [-0.1, -0.05) is 20.8 Å². The van der Waals surface area contributed by atoms with E-state index in [4.69, 9.17) is 5.73 Å². The van der Waals surface area contributed by atoms with Gasteiger partial charge in [0.15, 0.2) is 0 Å². The van der Waals surface area contributed by atoms with E-state index in [0.29, 0.717) is 6.04 Å². The summed E-state index contributed by atoms with van der Waals surface area (Å²) >= 11 is 1.88. The van der Waals surface area contributed by atoms with Gasteiger partial charge in [0.2, 0.25) is 5.91 Å². The first-order chi connectivity index (χ1) is 6.57. The number of thioether (sulfide) groups is 1. The first-order valence-corrected chi connectivity index (χ1v) is 6.36. The van der Waals surface area contributed by atoms with E-state index in [0.717, 1.165) is 17.9 Å². The number of rotatable bonds is 8. The van der Waals surface area contributed by atoms with Gasteiger partial charge in [-0.05, 0) is 24.3 Å². The van der Waals surface area contributed by atoms with Crippen LogP contribution in [0.4, 0.5) is 0 Å². The molecule has 0 aliphatic carbocycles. The number of primary amides is 1. The molecule has 0 spiro atoms. The van der Waals surface area contributed by atoms with Crippen molar-refractivity contribution in [1.29, 1.82) is 0 Å². The molecular weight excluding hydrogens is 196 g/mol. The Morgan fingerprint density at radius 3 is 2.50 bits per heavy atom. The van der Waals surface area contributed by atoms with Crippen LogP contribution in [0, 0.1) is 0 Å². The van der Waals surface area contributed by atoms with E-state index in [1.54, 1.807) is 0 Å². The molecule has 0 aliphatic rings. The lowest BCUT2D eigenvalue weighted by Gasteiger charge is -2.17. The van der Waals surface area contributed by atoms with Crippen molar-refractivity contribution < 1.29 is 4.79 Å². The Balaban J connectivity index is 3.68. The van der Waals surface area contributed by atoms with Crippen molar-refractivity contribution in [3.63, 3.8) is 0 Å². The van der Waals surface area contributed by atoms with Gasteiger partial charge in [0.1, 0.15) is 0 Å². The summed E-state index contributed by atoms with van der Waals surface area (Å²) in [4.78, 5) is 11.0. The highest BCUT2D eigenvalue weighted by Gasteiger charge is 2.14. The Bertz CT molecular complexity index is 162. The fourth-order valence-electron chi connectivity index (χ4n) is 1.16. The Kier molecular flexibility index (Phi) is 7.99. The predicted octanol–water partition coefficient (Wildman–Crippen LogP) is 1.37. The number of carbonyl (C=O) groups excluding carboxylic acids is 1. The monoisotopic (exact) mass is 218 g/mol. The number of hydrogen-bond acceptors (Lipinski definition) is 3. The first-order valence-electron chi connectivity index (χ1n) is 5.21. The molecule has 3 nitrogen and oxygen atoms in total. The van der Waals surface area contributed by atoms with E-state index in [1.165, 1.54) is 6.42 Å². The van der Waals surface area contributed by atoms with Crippen molar-refractivity contribution in [3.8, 4) is 0 Å². The first kappa shape index (κ1) is 13.8. The van der Waals surface area contributed by atoms with E-state index < -0.39 is 0 Å². The lowest BCUT2D eigenvalue weighted by molar-refractivity contribution is -0.120. The molecule has 1 amide bonds. The van der Waals surface area contributed by atoms with E-state index in [9.17, 15) is 4.79 Å². The second-order valence-electron chi connectivity index (χ2n) is 3.68. The van der Waals surface area contributed by atoms with Crippen LogP contribution in [0.2, 0.25) is 0 Å². The molecule has 0 heterocycles. The lowest BCUT2D eigenvalue weighted by Crippen LogP contribution is -2.44. The molecular formula is C10H22N2OS. The van der Waals surface area contributed by atoms with Crippen LogP contribution >= 0.6 is 11.8 Å². The molecule has 4 heteroatoms. The Labute approximate surface area is 91.2 Å². The van der Waals surface area contributed by atoms with E-state index in [2.05, 4.69) is 12.2 Å². The summed E-state index contributed by atoms with van der Waals surface area (Å²) < 4.78 is 0. The fraction of sp³-hybridized carbons (Fsp3) is 0.900. The molecule has 0 saturated carbocycles. The minimum atomic E-state index is -0.240. The summed E-state index contributed by atoms with van der Waals surface area (Å²) in [5.41, 5.74) is 5.29. The van der Waals surface area contributed by atoms with E-state index in [1.807, 2.05) is 25.6 Å². The van der Waals surface area contributed by atoms with Gasteiger partial charge in [-0.25, -0.2) is 0 Å². The van der Waals surface area contributed by atoms with E-state index in [-0.39, 0.29) is 11.9 Å². The number of hydrogen-bond donors (Lipinski definition) is 2. The third-order valence-electron chi connectivity index (χ3n) is 1.78. The smallest absolute Gasteiger partial charge is 0.234 e. The highest BCUT2D eigenvalue weighted by molar-refractivity contribution is 7.99. The summed E-state index contributed by atoms with van der Waals surface area (Å²) in [7, 11) is 0. The fourth-order valence-corrected chi connectivity index (χ4v) is 2.05. The summed E-state index contributed by atoms with van der Waals surface area (Å²) in [6.45, 7) is 6.20. The molecule has 0 aliphatic heterocycles. The van der Waals surface area contributed by atoms with Gasteiger partial charge in [0, 0.05) is 6.04 Å². The average molecular weight is 218 g/mol. The second-order valence-corrected chi connectivity index (χ2v) is 4.90. The summed E-state index contributed by atoms with van der Waals surface area (Å²) in [5.74, 6) is 1.92. The largest absolute Gasteiger partial charge is 0.368 e. The minimum absolute atomic E-state index is 0.167. The molecule has 0 radical (unpaired) electrons. The van der Waals surface area contributed by atoms with Crippen LogP contribution in [-0.4, -0.2) is 29.5 Å². The normalized spacial score (nSPS) is 13.1. The maximum absolute atomic E-state index is 11.0. The predicted molar refractivity (Wildman–Crippen MR) is 63.5 cm³/mol. The lowest BCUT2D eigenvalue weighted by atomic mass is 10.2. The molecule has 0 fully saturated rings. The van der Waals surface area contributed by atoms with Crippen LogP contribution in [0.15, 0.2) is 0 Å². The molecule has 1 unspecified atom stereocenters. The van der Waals surface area contributed by atoms with Crippen molar-refractivity contribution >= 4 is 17.7 Å². The number of nitrogens with one attached hydrogen (secondary N) is 1. The van der Waals surface area contributed by atoms with Gasteiger partial charge < -0.3 is 11.1 Å². The standard InChI is InChI=1S/C10H22N2OS/c1-4-6-14-7-5-9(10(11)13)12-8(2)3/h8-9,12H,4-7H2,1-3H3,(H2,11,13). The molecule has 0 saturated heterocycles. The van der Waals surface area contributed by atoms with Gasteiger partial charge in [0.25, 0.3) is 0 Å². The third-order valence-corrected chi connectivity index (χ3v) is 3.00. The summed E-state index contributed by atoms with van der Waals surface area (Å²) in [6.07, 6.45) is 2.02. The zero-order valence-corrected chi connectivity index (χ0v) is 10.2. The SMILES string of the molecule is CCCSCCC(NC(C)C)C(N)=O. The molecule has 14 heavy (non-hydrogen) atoms. The maximum atomic E-state index is 11.0. The van der Waals surface area contributed by atoms with Gasteiger partial charge in [0.05, 0.1) is 6.04 Å². The van der Waals surface area contributed by atoms with E-state index >= 15 is 0 Å². The molecule has 84 valence electrons. The number of nitrogens with two attached hydrogens (primary N) is 1. The summed E-state index contributed by atoms with van der Waals surface area (Å²) in [6, 6.07) is 0.142. The van der Waals surface area contributed by atoms with Crippen molar-refractivity contribution in [2.24, 2.45) is 5.73 Å². The molecule has 0 aromatic carbocycles. The molecule has 0 bridgehead atoms. The summed E-state index contributed by atoms with van der Waals surface area (Å²) in [5, 5.41) is 3.17. The topological polar surface area (TPSA) is 55.1 Å². The van der Waals surface area contributed by atoms with Crippen LogP contribution in [0.3, 0.4) is 0 Å². The van der Waals surface area contributed by atoms with Crippen LogP contribution in [0.25, 0.3) is 0 Å². The number of carbonyl (C=O) groups is 1. The average Bonchev–Trinajstić information content (AvgIpc) is 2.09. The van der Waals surface area contributed by atoms with Crippen molar-refractivity contribution in [1.82, 2.24) is 5.32 Å². The Morgan fingerprint density at radius 1 is 1.43 bits per heavy atom. The van der Waals surface area contributed by atoms with Crippen LogP contribution in [0.1, 0.15) is 33.6 Å². The molecule has 1 atom stereocenters. The van der Waals surface area contributed by atoms with Crippen molar-refractivity contribution in [2.75, 3.05) is 11.5 Å². The Hall–Kier alpha value is -0.220. The Morgan fingerprint density at radius 2 is 2.07 bits per heavy atom. The van der Waals surface area contributed by atoms with Crippen LogP contribution in [0.5, 0.6) is 0 Å². The molecule has 0 aromatic rings. The maximum Gasteiger partial charge on any atom is 0.234 e. The van der Waals surface area contributed by atoms with Gasteiger partial charge in [-0.2, -0.15) is 11.8 Å². The number of amides is 1. The zero-order valence-electron chi connectivity index (χ0n) is 9.38. The molecule has 3 N–H and O–H groups in total. The van der Waals surface area contributed by atoms with Gasteiger partial charge in [-0.15, -0.1) is 0 Å². The van der Waals surface area contributed by atoms with Crippen molar-refractivity contribution in [3.05, 3.63) is 0 Å². The second kappa shape index (κ2) is 8.12. The van der Waals surface area contributed by atoms with Gasteiger partial charge in [-0.3, -0.25) is 4.79 Å². The zero-order chi connectivity index (χ0) is 11.0. The molecule has 0 aromatic heterocycles. The highest BCUT2D eigenvalue weighted by Crippen LogP contribution is 2.06. The van der Waals surface area contributed by atoms with Crippen LogP contribution in [-0.2, 0) is 4.79 Å². The highest BCUT2D eigenvalue weighted by atomic mass is 32.2. The minimum Gasteiger partial charge on any atom is -0.368 e. The van der Waals surface area contributed by atoms with Crippen molar-refractivity contribution in [2.45, 2.75) is 45.7 Å².